The molecule has 2 aromatic heterocycles. The van der Waals surface area contributed by atoms with Gasteiger partial charge in [0.05, 0.1) is 12.6 Å². The number of hydrogen-bond acceptors (Lipinski definition) is 6. The summed E-state index contributed by atoms with van der Waals surface area (Å²) in [5.41, 5.74) is 0.209. The van der Waals surface area contributed by atoms with Crippen LogP contribution >= 0.6 is 0 Å². The summed E-state index contributed by atoms with van der Waals surface area (Å²) in [6.45, 7) is 1.06. The highest BCUT2D eigenvalue weighted by Gasteiger charge is 2.18. The van der Waals surface area contributed by atoms with Gasteiger partial charge in [-0.2, -0.15) is 0 Å². The maximum absolute atomic E-state index is 13.9. The number of amides is 1. The number of nitrogens with zero attached hydrogens (tertiary/aromatic N) is 5. The fourth-order valence-corrected chi connectivity index (χ4v) is 3.14. The molecule has 28 heavy (non-hydrogen) atoms. The average molecular weight is 386 g/mol. The molecule has 1 saturated heterocycles. The van der Waals surface area contributed by atoms with Crippen molar-refractivity contribution in [2.75, 3.05) is 13.2 Å². The molecule has 1 aliphatic rings. The fourth-order valence-electron chi connectivity index (χ4n) is 3.14. The van der Waals surface area contributed by atoms with Crippen molar-refractivity contribution in [1.82, 2.24) is 29.9 Å². The molecular formula is C18H19FN6O3. The number of benzene rings is 1. The molecule has 0 spiro atoms. The van der Waals surface area contributed by atoms with Crippen LogP contribution in [0.25, 0.3) is 11.2 Å². The topological polar surface area (TPSA) is 104 Å². The first kappa shape index (κ1) is 18.2. The van der Waals surface area contributed by atoms with Crippen LogP contribution in [0.3, 0.4) is 0 Å². The Bertz CT molecular complexity index is 1060. The van der Waals surface area contributed by atoms with Crippen molar-refractivity contribution in [3.8, 4) is 0 Å². The number of aromatic nitrogens is 5. The van der Waals surface area contributed by atoms with Crippen molar-refractivity contribution in [3.63, 3.8) is 0 Å². The van der Waals surface area contributed by atoms with Crippen LogP contribution in [0.2, 0.25) is 0 Å². The standard InChI is InChI=1S/C18H19FN6O3/c19-14-6-2-1-4-12(14)9-25-17-16(22-23-25)18(27)24(11-21-17)10-15(26)20-8-13-5-3-7-28-13/h1-2,4,6,11,13H,3,5,7-10H2,(H,20,26)/t13-/m1/s1. The fraction of sp³-hybridized carbons (Fsp3) is 0.389. The summed E-state index contributed by atoms with van der Waals surface area (Å²) in [6.07, 6.45) is 3.21. The van der Waals surface area contributed by atoms with Crippen LogP contribution in [0.1, 0.15) is 18.4 Å². The van der Waals surface area contributed by atoms with Crippen LogP contribution in [-0.2, 0) is 22.6 Å². The summed E-state index contributed by atoms with van der Waals surface area (Å²) in [5, 5.41) is 10.5. The van der Waals surface area contributed by atoms with Gasteiger partial charge in [0.2, 0.25) is 5.91 Å². The summed E-state index contributed by atoms with van der Waals surface area (Å²) in [6, 6.07) is 6.29. The normalized spacial score (nSPS) is 16.5. The molecule has 0 unspecified atom stereocenters. The molecule has 0 aliphatic carbocycles. The SMILES string of the molecule is O=C(Cn1cnc2c(nnn2Cc2ccccc2F)c1=O)NC[C@H]1CCCO1. The lowest BCUT2D eigenvalue weighted by Crippen LogP contribution is -2.36. The van der Waals surface area contributed by atoms with Crippen LogP contribution < -0.4 is 10.9 Å². The second-order valence-electron chi connectivity index (χ2n) is 6.63. The summed E-state index contributed by atoms with van der Waals surface area (Å²) in [4.78, 5) is 28.9. The summed E-state index contributed by atoms with van der Waals surface area (Å²) in [7, 11) is 0. The summed E-state index contributed by atoms with van der Waals surface area (Å²) >= 11 is 0. The van der Waals surface area contributed by atoms with Gasteiger partial charge in [-0.3, -0.25) is 14.2 Å². The Hall–Kier alpha value is -3.14. The Labute approximate surface area is 159 Å². The van der Waals surface area contributed by atoms with E-state index in [4.69, 9.17) is 4.74 Å². The highest BCUT2D eigenvalue weighted by molar-refractivity contribution is 5.76. The van der Waals surface area contributed by atoms with Crippen molar-refractivity contribution in [2.24, 2.45) is 0 Å². The number of nitrogens with one attached hydrogen (secondary N) is 1. The molecule has 146 valence electrons. The smallest absolute Gasteiger partial charge is 0.283 e. The van der Waals surface area contributed by atoms with Crippen molar-refractivity contribution < 1.29 is 13.9 Å². The average Bonchev–Trinajstić information content (AvgIpc) is 3.35. The lowest BCUT2D eigenvalue weighted by Gasteiger charge is -2.11. The second-order valence-corrected chi connectivity index (χ2v) is 6.63. The molecule has 9 nitrogen and oxygen atoms in total. The van der Waals surface area contributed by atoms with Crippen LogP contribution in [-0.4, -0.2) is 49.7 Å². The van der Waals surface area contributed by atoms with Crippen molar-refractivity contribution in [1.29, 1.82) is 0 Å². The third-order valence-corrected chi connectivity index (χ3v) is 4.63. The predicted molar refractivity (Wildman–Crippen MR) is 97.1 cm³/mol. The third kappa shape index (κ3) is 3.77. The van der Waals surface area contributed by atoms with E-state index in [9.17, 15) is 14.0 Å². The highest BCUT2D eigenvalue weighted by Crippen LogP contribution is 2.11. The van der Waals surface area contributed by atoms with E-state index in [2.05, 4.69) is 20.6 Å². The number of carbonyl (C=O) groups is 1. The van der Waals surface area contributed by atoms with Crippen molar-refractivity contribution in [2.45, 2.75) is 32.0 Å². The van der Waals surface area contributed by atoms with E-state index in [1.807, 2.05) is 0 Å². The number of halogens is 1. The van der Waals surface area contributed by atoms with Crippen LogP contribution in [0.4, 0.5) is 4.39 Å². The zero-order valence-corrected chi connectivity index (χ0v) is 15.0. The minimum absolute atomic E-state index is 0.0274. The third-order valence-electron chi connectivity index (χ3n) is 4.63. The Morgan fingerprint density at radius 3 is 3.00 bits per heavy atom. The molecule has 1 N–H and O–H groups in total. The molecule has 0 saturated carbocycles. The Balaban J connectivity index is 1.49. The first-order chi connectivity index (χ1) is 13.6. The lowest BCUT2D eigenvalue weighted by molar-refractivity contribution is -0.122. The number of hydrogen-bond donors (Lipinski definition) is 1. The van der Waals surface area contributed by atoms with Gasteiger partial charge < -0.3 is 10.1 Å². The molecular weight excluding hydrogens is 367 g/mol. The summed E-state index contributed by atoms with van der Waals surface area (Å²) in [5.74, 6) is -0.681. The zero-order valence-electron chi connectivity index (χ0n) is 15.0. The van der Waals surface area contributed by atoms with E-state index in [0.717, 1.165) is 12.8 Å². The van der Waals surface area contributed by atoms with Crippen molar-refractivity contribution >= 4 is 17.1 Å². The van der Waals surface area contributed by atoms with E-state index in [0.29, 0.717) is 18.7 Å². The van der Waals surface area contributed by atoms with Gasteiger partial charge in [-0.05, 0) is 18.9 Å². The van der Waals surface area contributed by atoms with Gasteiger partial charge in [0, 0.05) is 18.7 Å². The number of rotatable bonds is 6. The monoisotopic (exact) mass is 386 g/mol. The minimum atomic E-state index is -0.475. The number of carbonyl (C=O) groups excluding carboxylic acids is 1. The molecule has 1 atom stereocenters. The minimum Gasteiger partial charge on any atom is -0.376 e. The lowest BCUT2D eigenvalue weighted by atomic mass is 10.2. The van der Waals surface area contributed by atoms with Gasteiger partial charge in [0.1, 0.15) is 18.7 Å². The van der Waals surface area contributed by atoms with Gasteiger partial charge in [-0.1, -0.05) is 23.4 Å². The van der Waals surface area contributed by atoms with E-state index in [1.54, 1.807) is 18.2 Å². The Kier molecular flexibility index (Phi) is 5.11. The largest absolute Gasteiger partial charge is 0.376 e. The van der Waals surface area contributed by atoms with Gasteiger partial charge in [0.15, 0.2) is 11.2 Å². The second kappa shape index (κ2) is 7.85. The number of ether oxygens (including phenoxy) is 1. The van der Waals surface area contributed by atoms with Crippen LogP contribution in [0.5, 0.6) is 0 Å². The van der Waals surface area contributed by atoms with Gasteiger partial charge in [0.25, 0.3) is 5.56 Å². The molecule has 3 heterocycles. The Morgan fingerprint density at radius 2 is 2.21 bits per heavy atom. The first-order valence-corrected chi connectivity index (χ1v) is 9.02. The summed E-state index contributed by atoms with van der Waals surface area (Å²) < 4.78 is 21.8. The molecule has 1 amide bonds. The van der Waals surface area contributed by atoms with E-state index >= 15 is 0 Å². The number of fused-ring (bicyclic) bond motifs is 1. The Morgan fingerprint density at radius 1 is 1.36 bits per heavy atom. The molecule has 1 aliphatic heterocycles. The maximum atomic E-state index is 13.9. The molecule has 1 aromatic carbocycles. The maximum Gasteiger partial charge on any atom is 0.283 e. The molecule has 0 bridgehead atoms. The predicted octanol–water partition coefficient (Wildman–Crippen LogP) is 0.471. The first-order valence-electron chi connectivity index (χ1n) is 9.02. The molecule has 3 aromatic rings. The van der Waals surface area contributed by atoms with E-state index in [1.165, 1.54) is 21.6 Å². The van der Waals surface area contributed by atoms with Crippen LogP contribution in [0, 0.1) is 5.82 Å². The molecule has 4 rings (SSSR count). The molecule has 1 fully saturated rings. The molecule has 10 heteroatoms. The highest BCUT2D eigenvalue weighted by atomic mass is 19.1. The zero-order chi connectivity index (χ0) is 19.5. The van der Waals surface area contributed by atoms with Crippen LogP contribution in [0.15, 0.2) is 35.4 Å². The van der Waals surface area contributed by atoms with Crippen molar-refractivity contribution in [3.05, 3.63) is 52.3 Å². The van der Waals surface area contributed by atoms with E-state index in [-0.39, 0.29) is 42.1 Å². The van der Waals surface area contributed by atoms with Gasteiger partial charge in [-0.15, -0.1) is 5.10 Å². The quantitative estimate of drug-likeness (QED) is 0.661. The molecule has 0 radical (unpaired) electrons. The van der Waals surface area contributed by atoms with E-state index < -0.39 is 5.56 Å². The van der Waals surface area contributed by atoms with Gasteiger partial charge in [-0.25, -0.2) is 14.1 Å². The van der Waals surface area contributed by atoms with Gasteiger partial charge >= 0.3 is 0 Å².